The van der Waals surface area contributed by atoms with E-state index in [-0.39, 0.29) is 23.6 Å². The molecule has 3 rings (SSSR count). The van der Waals surface area contributed by atoms with Gasteiger partial charge < -0.3 is 14.2 Å². The van der Waals surface area contributed by atoms with Crippen molar-refractivity contribution >= 4 is 17.7 Å². The largest absolute Gasteiger partial charge is 0.453 e. The minimum atomic E-state index is -0.426. The third kappa shape index (κ3) is 4.63. The highest BCUT2D eigenvalue weighted by Crippen LogP contribution is 2.34. The lowest BCUT2D eigenvalue weighted by Crippen LogP contribution is -2.49. The zero-order valence-corrected chi connectivity index (χ0v) is 15.1. The molecule has 0 bridgehead atoms. The molecule has 0 aromatic heterocycles. The summed E-state index contributed by atoms with van der Waals surface area (Å²) in [7, 11) is 1.65. The lowest BCUT2D eigenvalue weighted by molar-refractivity contribution is -0.151. The SMILES string of the molecule is CO[C@@H]1C[C@@H](Sc2ccccc2)O[C@@H](C)[C@@H]1OC(=O)c1ccccc1. The monoisotopic (exact) mass is 358 g/mol. The number of benzene rings is 2. The Kier molecular flexibility index (Phi) is 6.13. The number of thioether (sulfide) groups is 1. The standard InChI is InChI=1S/C20H22O4S/c1-14-19(24-20(21)15-9-5-3-6-10-15)17(22-2)13-18(23-14)25-16-11-7-4-8-12-16/h3-12,14,17-19H,13H2,1-2H3/t14-,17+,18+,19-/m0/s1. The van der Waals surface area contributed by atoms with Gasteiger partial charge in [-0.15, -0.1) is 0 Å². The molecule has 1 heterocycles. The number of methoxy groups -OCH3 is 1. The Morgan fingerprint density at radius 1 is 1.08 bits per heavy atom. The highest BCUT2D eigenvalue weighted by molar-refractivity contribution is 7.99. The van der Waals surface area contributed by atoms with E-state index in [0.29, 0.717) is 12.0 Å². The predicted molar refractivity (Wildman–Crippen MR) is 97.7 cm³/mol. The molecular formula is C20H22O4S. The van der Waals surface area contributed by atoms with Crippen LogP contribution in [-0.2, 0) is 14.2 Å². The maximum Gasteiger partial charge on any atom is 0.338 e. The third-order valence-electron chi connectivity index (χ3n) is 4.19. The Morgan fingerprint density at radius 2 is 1.72 bits per heavy atom. The van der Waals surface area contributed by atoms with Crippen molar-refractivity contribution in [2.24, 2.45) is 0 Å². The molecule has 4 atom stereocenters. The van der Waals surface area contributed by atoms with Crippen LogP contribution in [-0.4, -0.2) is 36.8 Å². The van der Waals surface area contributed by atoms with Crippen LogP contribution in [0.1, 0.15) is 23.7 Å². The summed E-state index contributed by atoms with van der Waals surface area (Å²) in [6.07, 6.45) is -0.205. The average Bonchev–Trinajstić information content (AvgIpc) is 2.65. The Labute approximate surface area is 152 Å². The van der Waals surface area contributed by atoms with E-state index in [9.17, 15) is 4.79 Å². The lowest BCUT2D eigenvalue weighted by Gasteiger charge is -2.39. The van der Waals surface area contributed by atoms with Gasteiger partial charge in [-0.25, -0.2) is 4.79 Å². The zero-order valence-electron chi connectivity index (χ0n) is 14.3. The summed E-state index contributed by atoms with van der Waals surface area (Å²) in [5.41, 5.74) is 0.499. The van der Waals surface area contributed by atoms with Crippen LogP contribution in [0.15, 0.2) is 65.6 Å². The first-order valence-corrected chi connectivity index (χ1v) is 9.21. The molecule has 0 unspecified atom stereocenters. The predicted octanol–water partition coefficient (Wildman–Crippen LogP) is 4.15. The lowest BCUT2D eigenvalue weighted by atomic mass is 10.0. The Morgan fingerprint density at radius 3 is 2.36 bits per heavy atom. The van der Waals surface area contributed by atoms with Crippen molar-refractivity contribution in [3.63, 3.8) is 0 Å². The number of carbonyl (C=O) groups excluding carboxylic acids is 1. The molecule has 0 saturated carbocycles. The highest BCUT2D eigenvalue weighted by atomic mass is 32.2. The average molecular weight is 358 g/mol. The van der Waals surface area contributed by atoms with Crippen molar-refractivity contribution in [1.29, 1.82) is 0 Å². The molecule has 25 heavy (non-hydrogen) atoms. The van der Waals surface area contributed by atoms with Gasteiger partial charge in [0.15, 0.2) is 6.10 Å². The van der Waals surface area contributed by atoms with Crippen LogP contribution >= 0.6 is 11.8 Å². The van der Waals surface area contributed by atoms with Crippen LogP contribution < -0.4 is 0 Å². The molecular weight excluding hydrogens is 336 g/mol. The van der Waals surface area contributed by atoms with E-state index in [4.69, 9.17) is 14.2 Å². The van der Waals surface area contributed by atoms with Gasteiger partial charge in [0.2, 0.25) is 0 Å². The molecule has 4 nitrogen and oxygen atoms in total. The minimum absolute atomic E-state index is 0.0333. The van der Waals surface area contributed by atoms with Gasteiger partial charge in [0.05, 0.1) is 17.8 Å². The molecule has 132 valence electrons. The zero-order chi connectivity index (χ0) is 17.6. The van der Waals surface area contributed by atoms with Gasteiger partial charge >= 0.3 is 5.97 Å². The second-order valence-corrected chi connectivity index (χ2v) is 7.18. The van der Waals surface area contributed by atoms with Crippen molar-refractivity contribution in [2.75, 3.05) is 7.11 Å². The van der Waals surface area contributed by atoms with E-state index in [1.807, 2.05) is 43.3 Å². The first kappa shape index (κ1) is 18.0. The quantitative estimate of drug-likeness (QED) is 0.751. The topological polar surface area (TPSA) is 44.8 Å². The summed E-state index contributed by atoms with van der Waals surface area (Å²) in [6.45, 7) is 1.92. The van der Waals surface area contributed by atoms with Gasteiger partial charge in [-0.2, -0.15) is 0 Å². The molecule has 1 aliphatic rings. The van der Waals surface area contributed by atoms with Crippen molar-refractivity contribution in [3.05, 3.63) is 66.2 Å². The maximum atomic E-state index is 12.4. The number of carbonyl (C=O) groups is 1. The third-order valence-corrected chi connectivity index (χ3v) is 5.30. The molecule has 1 saturated heterocycles. The fraction of sp³-hybridized carbons (Fsp3) is 0.350. The Balaban J connectivity index is 1.65. The van der Waals surface area contributed by atoms with Gasteiger partial charge in [-0.1, -0.05) is 48.2 Å². The van der Waals surface area contributed by atoms with Gasteiger partial charge in [-0.3, -0.25) is 0 Å². The van der Waals surface area contributed by atoms with Crippen LogP contribution in [0.5, 0.6) is 0 Å². The first-order chi connectivity index (χ1) is 12.2. The van der Waals surface area contributed by atoms with Crippen LogP contribution in [0.2, 0.25) is 0 Å². The maximum absolute atomic E-state index is 12.4. The van der Waals surface area contributed by atoms with E-state index in [2.05, 4.69) is 12.1 Å². The molecule has 5 heteroatoms. The Hall–Kier alpha value is -1.82. The van der Waals surface area contributed by atoms with E-state index >= 15 is 0 Å². The summed E-state index contributed by atoms with van der Waals surface area (Å²) >= 11 is 1.66. The van der Waals surface area contributed by atoms with E-state index in [1.54, 1.807) is 31.0 Å². The summed E-state index contributed by atoms with van der Waals surface area (Å²) in [6, 6.07) is 19.1. The fourth-order valence-corrected chi connectivity index (χ4v) is 4.03. The van der Waals surface area contributed by atoms with E-state index in [1.165, 1.54) is 0 Å². The Bertz CT molecular complexity index is 677. The summed E-state index contributed by atoms with van der Waals surface area (Å²) in [5, 5.41) is 0. The highest BCUT2D eigenvalue weighted by Gasteiger charge is 2.39. The second-order valence-electron chi connectivity index (χ2n) is 5.95. The van der Waals surface area contributed by atoms with Crippen LogP contribution in [0.4, 0.5) is 0 Å². The van der Waals surface area contributed by atoms with Crippen molar-refractivity contribution in [2.45, 2.75) is 42.0 Å². The molecule has 0 aliphatic carbocycles. The molecule has 0 spiro atoms. The minimum Gasteiger partial charge on any atom is -0.453 e. The second kappa shape index (κ2) is 8.52. The molecule has 0 amide bonds. The van der Waals surface area contributed by atoms with E-state index < -0.39 is 6.10 Å². The normalized spacial score (nSPS) is 26.2. The summed E-state index contributed by atoms with van der Waals surface area (Å²) in [5.74, 6) is -0.350. The van der Waals surface area contributed by atoms with Crippen LogP contribution in [0.25, 0.3) is 0 Å². The first-order valence-electron chi connectivity index (χ1n) is 8.33. The number of hydrogen-bond donors (Lipinski definition) is 0. The summed E-state index contributed by atoms with van der Waals surface area (Å²) < 4.78 is 17.4. The molecule has 1 aliphatic heterocycles. The van der Waals surface area contributed by atoms with Crippen molar-refractivity contribution < 1.29 is 19.0 Å². The number of hydrogen-bond acceptors (Lipinski definition) is 5. The van der Waals surface area contributed by atoms with Gasteiger partial charge in [0, 0.05) is 18.4 Å². The molecule has 1 fully saturated rings. The smallest absolute Gasteiger partial charge is 0.338 e. The van der Waals surface area contributed by atoms with Crippen molar-refractivity contribution in [3.8, 4) is 0 Å². The molecule has 2 aromatic carbocycles. The number of esters is 1. The fourth-order valence-electron chi connectivity index (χ4n) is 2.89. The molecule has 2 aromatic rings. The van der Waals surface area contributed by atoms with Gasteiger partial charge in [0.25, 0.3) is 0 Å². The summed E-state index contributed by atoms with van der Waals surface area (Å²) in [4.78, 5) is 13.5. The van der Waals surface area contributed by atoms with Crippen molar-refractivity contribution in [1.82, 2.24) is 0 Å². The van der Waals surface area contributed by atoms with Crippen LogP contribution in [0, 0.1) is 0 Å². The number of ether oxygens (including phenoxy) is 3. The molecule has 0 radical (unpaired) electrons. The van der Waals surface area contributed by atoms with Crippen LogP contribution in [0.3, 0.4) is 0 Å². The van der Waals surface area contributed by atoms with Gasteiger partial charge in [0.1, 0.15) is 5.44 Å². The molecule has 0 N–H and O–H groups in total. The number of rotatable bonds is 5. The van der Waals surface area contributed by atoms with E-state index in [0.717, 1.165) is 4.90 Å². The van der Waals surface area contributed by atoms with Gasteiger partial charge in [-0.05, 0) is 31.2 Å².